The number of rotatable bonds is 3. The minimum Gasteiger partial charge on any atom is -0.354 e. The number of halogens is 1. The molecule has 3 nitrogen and oxygen atoms in total. The zero-order chi connectivity index (χ0) is 18.5. The number of benzene rings is 2. The highest BCUT2D eigenvalue weighted by atomic mass is 19.1. The van der Waals surface area contributed by atoms with E-state index >= 15 is 0 Å². The van der Waals surface area contributed by atoms with Gasteiger partial charge >= 0.3 is 0 Å². The molecule has 0 aromatic heterocycles. The SMILES string of the molecule is Fc1ccc(C#CCN2CCC3=C(CN(Cc4ccccc4)C=N3)C2)cc1. The molecule has 0 fully saturated rings. The maximum absolute atomic E-state index is 12.9. The summed E-state index contributed by atoms with van der Waals surface area (Å²) in [5.41, 5.74) is 4.78. The van der Waals surface area contributed by atoms with Crippen LogP contribution in [0.2, 0.25) is 0 Å². The molecule has 0 amide bonds. The Morgan fingerprint density at radius 2 is 1.81 bits per heavy atom. The molecule has 2 aromatic carbocycles. The van der Waals surface area contributed by atoms with Crippen molar-refractivity contribution in [2.45, 2.75) is 13.0 Å². The lowest BCUT2D eigenvalue weighted by Crippen LogP contribution is -2.38. The average Bonchev–Trinajstić information content (AvgIpc) is 2.70. The van der Waals surface area contributed by atoms with E-state index in [0.29, 0.717) is 0 Å². The van der Waals surface area contributed by atoms with Gasteiger partial charge in [-0.15, -0.1) is 0 Å². The van der Waals surface area contributed by atoms with Crippen molar-refractivity contribution >= 4 is 6.34 Å². The summed E-state index contributed by atoms with van der Waals surface area (Å²) in [5.74, 6) is 6.11. The van der Waals surface area contributed by atoms with E-state index < -0.39 is 0 Å². The lowest BCUT2D eigenvalue weighted by atomic mass is 10.0. The summed E-state index contributed by atoms with van der Waals surface area (Å²) in [5, 5.41) is 0. The minimum atomic E-state index is -0.228. The molecule has 0 aliphatic carbocycles. The second-order valence-corrected chi connectivity index (χ2v) is 6.95. The van der Waals surface area contributed by atoms with Gasteiger partial charge in [0, 0.05) is 43.9 Å². The number of hydrogen-bond acceptors (Lipinski definition) is 3. The summed E-state index contributed by atoms with van der Waals surface area (Å²) in [4.78, 5) is 9.31. The van der Waals surface area contributed by atoms with E-state index in [2.05, 4.69) is 50.9 Å². The van der Waals surface area contributed by atoms with Crippen LogP contribution in [0.4, 0.5) is 4.39 Å². The van der Waals surface area contributed by atoms with E-state index in [-0.39, 0.29) is 5.82 Å². The molecular formula is C23H22FN3. The molecule has 0 saturated carbocycles. The van der Waals surface area contributed by atoms with Gasteiger partial charge in [-0.25, -0.2) is 9.38 Å². The fourth-order valence-corrected chi connectivity index (χ4v) is 3.45. The van der Waals surface area contributed by atoms with Crippen LogP contribution < -0.4 is 0 Å². The van der Waals surface area contributed by atoms with Crippen molar-refractivity contribution in [1.82, 2.24) is 9.80 Å². The summed E-state index contributed by atoms with van der Waals surface area (Å²) in [7, 11) is 0. The van der Waals surface area contributed by atoms with Gasteiger partial charge in [-0.1, -0.05) is 42.2 Å². The van der Waals surface area contributed by atoms with E-state index in [0.717, 1.165) is 44.7 Å². The number of aliphatic imine (C=N–C) groups is 1. The molecule has 27 heavy (non-hydrogen) atoms. The predicted octanol–water partition coefficient (Wildman–Crippen LogP) is 3.68. The van der Waals surface area contributed by atoms with Crippen LogP contribution in [-0.2, 0) is 6.54 Å². The minimum absolute atomic E-state index is 0.228. The van der Waals surface area contributed by atoms with Crippen LogP contribution in [0.15, 0.2) is 70.9 Å². The molecule has 4 rings (SSSR count). The summed E-state index contributed by atoms with van der Waals surface area (Å²) in [6.07, 6.45) is 2.96. The van der Waals surface area contributed by atoms with E-state index in [1.165, 1.54) is 29.0 Å². The third-order valence-electron chi connectivity index (χ3n) is 4.87. The van der Waals surface area contributed by atoms with Crippen molar-refractivity contribution in [2.24, 2.45) is 4.99 Å². The fraction of sp³-hybridized carbons (Fsp3) is 0.261. The van der Waals surface area contributed by atoms with Gasteiger partial charge in [-0.05, 0) is 35.4 Å². The predicted molar refractivity (Wildman–Crippen MR) is 107 cm³/mol. The molecule has 0 unspecified atom stereocenters. The van der Waals surface area contributed by atoms with Gasteiger partial charge in [0.05, 0.1) is 12.9 Å². The average molecular weight is 359 g/mol. The molecule has 2 aliphatic heterocycles. The van der Waals surface area contributed by atoms with Gasteiger partial charge in [0.15, 0.2) is 0 Å². The summed E-state index contributed by atoms with van der Waals surface area (Å²) in [6.45, 7) is 4.42. The van der Waals surface area contributed by atoms with Gasteiger partial charge in [-0.2, -0.15) is 0 Å². The molecule has 0 atom stereocenters. The monoisotopic (exact) mass is 359 g/mol. The van der Waals surface area contributed by atoms with Gasteiger partial charge in [-0.3, -0.25) is 4.90 Å². The zero-order valence-corrected chi connectivity index (χ0v) is 15.2. The Morgan fingerprint density at radius 1 is 1.00 bits per heavy atom. The molecule has 0 radical (unpaired) electrons. The zero-order valence-electron chi connectivity index (χ0n) is 15.2. The Balaban J connectivity index is 1.34. The van der Waals surface area contributed by atoms with E-state index in [9.17, 15) is 4.39 Å². The summed E-state index contributed by atoms with van der Waals surface area (Å²) >= 11 is 0. The second kappa shape index (κ2) is 8.20. The normalized spacial score (nSPS) is 16.7. The molecule has 0 bridgehead atoms. The maximum atomic E-state index is 12.9. The molecule has 2 aliphatic rings. The molecule has 2 aromatic rings. The molecule has 0 spiro atoms. The van der Waals surface area contributed by atoms with Crippen LogP contribution in [-0.4, -0.2) is 42.3 Å². The Bertz CT molecular complexity index is 904. The molecular weight excluding hydrogens is 337 g/mol. The second-order valence-electron chi connectivity index (χ2n) is 6.95. The summed E-state index contributed by atoms with van der Waals surface area (Å²) < 4.78 is 12.9. The molecule has 0 N–H and O–H groups in total. The van der Waals surface area contributed by atoms with E-state index in [1.54, 1.807) is 12.1 Å². The van der Waals surface area contributed by atoms with Crippen molar-refractivity contribution in [3.8, 4) is 11.8 Å². The first-order chi connectivity index (χ1) is 13.3. The van der Waals surface area contributed by atoms with Crippen molar-refractivity contribution in [3.05, 3.63) is 82.8 Å². The van der Waals surface area contributed by atoms with Gasteiger partial charge in [0.2, 0.25) is 0 Å². The molecule has 2 heterocycles. The first kappa shape index (κ1) is 17.5. The van der Waals surface area contributed by atoms with Crippen LogP contribution >= 0.6 is 0 Å². The first-order valence-electron chi connectivity index (χ1n) is 9.26. The van der Waals surface area contributed by atoms with Gasteiger partial charge in [0.25, 0.3) is 0 Å². The smallest absolute Gasteiger partial charge is 0.123 e. The Labute approximate surface area is 159 Å². The standard InChI is InChI=1S/C23H22FN3/c24-22-10-8-19(9-11-22)7-4-13-26-14-12-23-21(16-26)17-27(18-25-23)15-20-5-2-1-3-6-20/h1-3,5-6,8-11,18H,12-17H2. The molecule has 0 saturated heterocycles. The van der Waals surface area contributed by atoms with Gasteiger partial charge in [0.1, 0.15) is 5.82 Å². The summed E-state index contributed by atoms with van der Waals surface area (Å²) in [6, 6.07) is 16.8. The lowest BCUT2D eigenvalue weighted by molar-refractivity contribution is 0.300. The lowest BCUT2D eigenvalue weighted by Gasteiger charge is -2.33. The fourth-order valence-electron chi connectivity index (χ4n) is 3.45. The van der Waals surface area contributed by atoms with Crippen LogP contribution in [0, 0.1) is 17.7 Å². The maximum Gasteiger partial charge on any atom is 0.123 e. The van der Waals surface area contributed by atoms with E-state index in [1.807, 2.05) is 12.4 Å². The van der Waals surface area contributed by atoms with Crippen LogP contribution in [0.5, 0.6) is 0 Å². The third kappa shape index (κ3) is 4.64. The number of nitrogens with zero attached hydrogens (tertiary/aromatic N) is 3. The molecule has 4 heteroatoms. The van der Waals surface area contributed by atoms with Crippen molar-refractivity contribution < 1.29 is 4.39 Å². The topological polar surface area (TPSA) is 18.8 Å². The quantitative estimate of drug-likeness (QED) is 0.779. The van der Waals surface area contributed by atoms with Crippen molar-refractivity contribution in [2.75, 3.05) is 26.2 Å². The molecule has 136 valence electrons. The number of hydrogen-bond donors (Lipinski definition) is 0. The van der Waals surface area contributed by atoms with Gasteiger partial charge < -0.3 is 4.90 Å². The first-order valence-corrected chi connectivity index (χ1v) is 9.26. The largest absolute Gasteiger partial charge is 0.354 e. The Morgan fingerprint density at radius 3 is 2.63 bits per heavy atom. The van der Waals surface area contributed by atoms with Crippen LogP contribution in [0.3, 0.4) is 0 Å². The Kier molecular flexibility index (Phi) is 5.32. The Hall–Kier alpha value is -2.90. The van der Waals surface area contributed by atoms with Crippen LogP contribution in [0.1, 0.15) is 17.5 Å². The van der Waals surface area contributed by atoms with E-state index in [4.69, 9.17) is 0 Å². The van der Waals surface area contributed by atoms with Crippen LogP contribution in [0.25, 0.3) is 0 Å². The van der Waals surface area contributed by atoms with Crippen molar-refractivity contribution in [3.63, 3.8) is 0 Å². The third-order valence-corrected chi connectivity index (χ3v) is 4.87. The van der Waals surface area contributed by atoms with Crippen molar-refractivity contribution in [1.29, 1.82) is 0 Å². The highest BCUT2D eigenvalue weighted by Crippen LogP contribution is 2.23. The highest BCUT2D eigenvalue weighted by Gasteiger charge is 2.22. The highest BCUT2D eigenvalue weighted by molar-refractivity contribution is 5.60.